The summed E-state index contributed by atoms with van der Waals surface area (Å²) in [5.41, 5.74) is 0.588. The fourth-order valence-corrected chi connectivity index (χ4v) is 3.98. The topological polar surface area (TPSA) is 69.7 Å². The van der Waals surface area contributed by atoms with Crippen LogP contribution < -0.4 is 5.32 Å². The molecular weight excluding hydrogens is 361 g/mol. The molecule has 3 amide bonds. The average molecular weight is 389 g/mol. The van der Waals surface area contributed by atoms with E-state index in [0.717, 1.165) is 25.8 Å². The number of rotatable bonds is 5. The van der Waals surface area contributed by atoms with E-state index in [9.17, 15) is 18.8 Å². The molecule has 0 saturated carbocycles. The van der Waals surface area contributed by atoms with Crippen LogP contribution in [0.15, 0.2) is 18.2 Å². The molecule has 0 radical (unpaired) electrons. The van der Waals surface area contributed by atoms with E-state index in [-0.39, 0.29) is 30.2 Å². The summed E-state index contributed by atoms with van der Waals surface area (Å²) in [5, 5.41) is 2.25. The Kier molecular flexibility index (Phi) is 6.44. The molecule has 1 N–H and O–H groups in total. The molecule has 2 aliphatic rings. The first-order valence-electron chi connectivity index (χ1n) is 9.92. The molecule has 2 saturated heterocycles. The highest BCUT2D eigenvalue weighted by atomic mass is 19.1. The van der Waals surface area contributed by atoms with Crippen LogP contribution >= 0.6 is 0 Å². The molecule has 1 aromatic rings. The average Bonchev–Trinajstić information content (AvgIpc) is 2.67. The zero-order chi connectivity index (χ0) is 20.3. The number of carbonyl (C=O) groups is 3. The van der Waals surface area contributed by atoms with Gasteiger partial charge in [0.25, 0.3) is 5.91 Å². The molecule has 1 atom stereocenters. The predicted octanol–water partition coefficient (Wildman–Crippen LogP) is 2.15. The Labute approximate surface area is 165 Å². The maximum atomic E-state index is 14.3. The van der Waals surface area contributed by atoms with E-state index in [1.54, 1.807) is 0 Å². The number of likely N-dealkylation sites (tertiary alicyclic amines) is 1. The molecule has 0 bridgehead atoms. The largest absolute Gasteiger partial charge is 0.339 e. The number of hydrogen-bond acceptors (Lipinski definition) is 4. The molecule has 2 aliphatic heterocycles. The van der Waals surface area contributed by atoms with Crippen molar-refractivity contribution in [3.05, 3.63) is 35.1 Å². The summed E-state index contributed by atoms with van der Waals surface area (Å²) in [5.74, 6) is -1.60. The van der Waals surface area contributed by atoms with E-state index in [4.69, 9.17) is 0 Å². The van der Waals surface area contributed by atoms with E-state index in [1.807, 2.05) is 4.90 Å². The van der Waals surface area contributed by atoms with Gasteiger partial charge < -0.3 is 9.80 Å². The van der Waals surface area contributed by atoms with Crippen LogP contribution in [0, 0.1) is 11.7 Å². The summed E-state index contributed by atoms with van der Waals surface area (Å²) in [6.45, 7) is 2.44. The van der Waals surface area contributed by atoms with E-state index in [1.165, 1.54) is 18.2 Å². The number of carbonyl (C=O) groups excluding carboxylic acids is 3. The fourth-order valence-electron chi connectivity index (χ4n) is 3.98. The number of halogens is 1. The molecule has 0 aromatic heterocycles. The maximum Gasteiger partial charge on any atom is 0.253 e. The summed E-state index contributed by atoms with van der Waals surface area (Å²) in [6, 6.07) is 4.21. The number of benzene rings is 1. The van der Waals surface area contributed by atoms with Gasteiger partial charge in [-0.15, -0.1) is 0 Å². The number of amides is 3. The summed E-state index contributed by atoms with van der Waals surface area (Å²) < 4.78 is 14.3. The van der Waals surface area contributed by atoms with Crippen molar-refractivity contribution in [2.24, 2.45) is 5.92 Å². The second kappa shape index (κ2) is 8.82. The van der Waals surface area contributed by atoms with Crippen LogP contribution in [0.3, 0.4) is 0 Å². The van der Waals surface area contributed by atoms with E-state index in [2.05, 4.69) is 24.3 Å². The van der Waals surface area contributed by atoms with E-state index in [0.29, 0.717) is 24.6 Å². The first kappa shape index (κ1) is 20.5. The first-order valence-corrected chi connectivity index (χ1v) is 9.92. The van der Waals surface area contributed by atoms with Crippen LogP contribution in [0.5, 0.6) is 0 Å². The Morgan fingerprint density at radius 2 is 1.93 bits per heavy atom. The third-order valence-corrected chi connectivity index (χ3v) is 5.74. The van der Waals surface area contributed by atoms with Gasteiger partial charge in [-0.05, 0) is 70.4 Å². The Bertz CT molecular complexity index is 757. The quantitative estimate of drug-likeness (QED) is 0.784. The predicted molar refractivity (Wildman–Crippen MR) is 103 cm³/mol. The summed E-state index contributed by atoms with van der Waals surface area (Å²) in [6.07, 6.45) is 3.51. The Morgan fingerprint density at radius 3 is 2.57 bits per heavy atom. The molecule has 0 aliphatic carbocycles. The van der Waals surface area contributed by atoms with Gasteiger partial charge in [-0.3, -0.25) is 19.7 Å². The molecule has 6 nitrogen and oxygen atoms in total. The number of nitrogens with one attached hydrogen (secondary N) is 1. The Hall–Kier alpha value is -2.28. The van der Waals surface area contributed by atoms with Crippen molar-refractivity contribution < 1.29 is 18.8 Å². The van der Waals surface area contributed by atoms with Crippen molar-refractivity contribution in [1.29, 1.82) is 0 Å². The summed E-state index contributed by atoms with van der Waals surface area (Å²) in [4.78, 5) is 40.3. The zero-order valence-corrected chi connectivity index (χ0v) is 16.5. The highest BCUT2D eigenvalue weighted by Crippen LogP contribution is 2.29. The summed E-state index contributed by atoms with van der Waals surface area (Å²) in [7, 11) is 4.13. The second-order valence-corrected chi connectivity index (χ2v) is 8.07. The highest BCUT2D eigenvalue weighted by molar-refractivity contribution is 6.01. The molecule has 1 aromatic carbocycles. The van der Waals surface area contributed by atoms with E-state index >= 15 is 0 Å². The van der Waals surface area contributed by atoms with E-state index < -0.39 is 17.6 Å². The minimum absolute atomic E-state index is 0.125. The normalized spacial score (nSPS) is 21.1. The van der Waals surface area contributed by atoms with Crippen LogP contribution in [0.1, 0.15) is 53.9 Å². The lowest BCUT2D eigenvalue weighted by molar-refractivity contribution is -0.134. The number of imide groups is 1. The van der Waals surface area contributed by atoms with Crippen molar-refractivity contribution in [3.63, 3.8) is 0 Å². The van der Waals surface area contributed by atoms with Gasteiger partial charge in [0.15, 0.2) is 0 Å². The van der Waals surface area contributed by atoms with Crippen molar-refractivity contribution >= 4 is 17.7 Å². The molecule has 2 heterocycles. The molecule has 1 unspecified atom stereocenters. The Morgan fingerprint density at radius 1 is 1.21 bits per heavy atom. The van der Waals surface area contributed by atoms with Crippen LogP contribution in [-0.4, -0.2) is 61.3 Å². The lowest BCUT2D eigenvalue weighted by Gasteiger charge is -2.32. The molecule has 0 spiro atoms. The molecular formula is C21H28FN3O3. The SMILES string of the molecule is CN(C)CCC1CCN(C(=O)c2ccc(F)c(C3CCC(=O)NC3=O)c2)CC1. The molecule has 152 valence electrons. The minimum atomic E-state index is -0.734. The Balaban J connectivity index is 1.66. The van der Waals surface area contributed by atoms with Crippen LogP contribution in [0.25, 0.3) is 0 Å². The standard InChI is InChI=1S/C21H28FN3O3/c1-24(2)10-7-14-8-11-25(12-9-14)21(28)15-3-5-18(22)17(13-15)16-4-6-19(26)23-20(16)27/h3,5,13-14,16H,4,6-12H2,1-2H3,(H,23,26,27). The molecule has 3 rings (SSSR count). The van der Waals surface area contributed by atoms with Gasteiger partial charge in [0.2, 0.25) is 11.8 Å². The summed E-state index contributed by atoms with van der Waals surface area (Å²) >= 11 is 0. The van der Waals surface area contributed by atoms with Gasteiger partial charge in [-0.2, -0.15) is 0 Å². The highest BCUT2D eigenvalue weighted by Gasteiger charge is 2.31. The molecule has 7 heteroatoms. The lowest BCUT2D eigenvalue weighted by atomic mass is 9.88. The minimum Gasteiger partial charge on any atom is -0.339 e. The van der Waals surface area contributed by atoms with Crippen LogP contribution in [0.4, 0.5) is 4.39 Å². The second-order valence-electron chi connectivity index (χ2n) is 8.07. The molecule has 28 heavy (non-hydrogen) atoms. The number of nitrogens with zero attached hydrogens (tertiary/aromatic N) is 2. The number of hydrogen-bond donors (Lipinski definition) is 1. The third kappa shape index (κ3) is 4.76. The van der Waals surface area contributed by atoms with Crippen molar-refractivity contribution in [2.45, 2.75) is 38.0 Å². The van der Waals surface area contributed by atoms with Gasteiger partial charge in [-0.25, -0.2) is 4.39 Å². The number of piperidine rings is 2. The van der Waals surface area contributed by atoms with Gasteiger partial charge in [0.1, 0.15) is 5.82 Å². The van der Waals surface area contributed by atoms with Crippen LogP contribution in [0.2, 0.25) is 0 Å². The van der Waals surface area contributed by atoms with Gasteiger partial charge in [0.05, 0.1) is 5.92 Å². The third-order valence-electron chi connectivity index (χ3n) is 5.74. The van der Waals surface area contributed by atoms with Gasteiger partial charge >= 0.3 is 0 Å². The van der Waals surface area contributed by atoms with Gasteiger partial charge in [0, 0.05) is 30.6 Å². The maximum absolute atomic E-state index is 14.3. The van der Waals surface area contributed by atoms with Crippen molar-refractivity contribution in [1.82, 2.24) is 15.1 Å². The van der Waals surface area contributed by atoms with Crippen molar-refractivity contribution in [2.75, 3.05) is 33.7 Å². The van der Waals surface area contributed by atoms with Gasteiger partial charge in [-0.1, -0.05) is 0 Å². The van der Waals surface area contributed by atoms with Crippen molar-refractivity contribution in [3.8, 4) is 0 Å². The monoisotopic (exact) mass is 389 g/mol. The fraction of sp³-hybridized carbons (Fsp3) is 0.571. The smallest absolute Gasteiger partial charge is 0.253 e. The first-order chi connectivity index (χ1) is 13.3. The van der Waals surface area contributed by atoms with Crippen LogP contribution in [-0.2, 0) is 9.59 Å². The molecule has 2 fully saturated rings. The zero-order valence-electron chi connectivity index (χ0n) is 16.5. The lowest BCUT2D eigenvalue weighted by Crippen LogP contribution is -2.40.